The highest BCUT2D eigenvalue weighted by molar-refractivity contribution is 5.89. The van der Waals surface area contributed by atoms with Gasteiger partial charge in [0.1, 0.15) is 6.10 Å². The van der Waals surface area contributed by atoms with Crippen molar-refractivity contribution in [1.82, 2.24) is 0 Å². The Labute approximate surface area is 186 Å². The molecule has 4 nitrogen and oxygen atoms in total. The molecule has 0 spiro atoms. The van der Waals surface area contributed by atoms with E-state index in [1.165, 1.54) is 31.3 Å². The lowest BCUT2D eigenvalue weighted by Gasteiger charge is -2.44. The van der Waals surface area contributed by atoms with Gasteiger partial charge in [-0.25, -0.2) is 4.79 Å². The molecule has 0 bridgehead atoms. The predicted octanol–water partition coefficient (Wildman–Crippen LogP) is 5.03. The fourth-order valence-corrected chi connectivity index (χ4v) is 7.02. The summed E-state index contributed by atoms with van der Waals surface area (Å²) in [7, 11) is 0. The predicted molar refractivity (Wildman–Crippen MR) is 122 cm³/mol. The number of cyclic esters (lactones) is 1. The number of esters is 1. The SMILES string of the molecule is C=C1C[C@H](C[C@H](C)[C@H]2CC[C@H]3/C(=C/C=C4/C[C@@H](O)C[C@H](O)C4=C)CCC[C@]23C)OC1=O. The number of rotatable bonds is 4. The largest absolute Gasteiger partial charge is 0.459 e. The van der Waals surface area contributed by atoms with Crippen LogP contribution in [0.4, 0.5) is 0 Å². The van der Waals surface area contributed by atoms with Crippen molar-refractivity contribution in [3.05, 3.63) is 47.6 Å². The molecule has 2 N–H and O–H groups in total. The summed E-state index contributed by atoms with van der Waals surface area (Å²) in [5.74, 6) is 1.51. The van der Waals surface area contributed by atoms with Crippen molar-refractivity contribution in [3.8, 4) is 0 Å². The average molecular weight is 427 g/mol. The third-order valence-electron chi connectivity index (χ3n) is 8.66. The molecule has 1 aliphatic heterocycles. The smallest absolute Gasteiger partial charge is 0.333 e. The highest BCUT2D eigenvalue weighted by atomic mass is 16.5. The molecule has 0 radical (unpaired) electrons. The summed E-state index contributed by atoms with van der Waals surface area (Å²) in [6, 6.07) is 0. The van der Waals surface area contributed by atoms with Gasteiger partial charge in [-0.2, -0.15) is 0 Å². The van der Waals surface area contributed by atoms with Gasteiger partial charge < -0.3 is 14.9 Å². The van der Waals surface area contributed by atoms with Crippen LogP contribution in [0.1, 0.15) is 71.6 Å². The van der Waals surface area contributed by atoms with Crippen LogP contribution >= 0.6 is 0 Å². The van der Waals surface area contributed by atoms with E-state index < -0.39 is 12.2 Å². The monoisotopic (exact) mass is 426 g/mol. The molecule has 4 heteroatoms. The van der Waals surface area contributed by atoms with E-state index in [1.807, 2.05) is 0 Å². The topological polar surface area (TPSA) is 66.8 Å². The van der Waals surface area contributed by atoms with Crippen molar-refractivity contribution >= 4 is 5.97 Å². The first kappa shape index (κ1) is 22.5. The van der Waals surface area contributed by atoms with E-state index in [0.717, 1.165) is 24.0 Å². The van der Waals surface area contributed by atoms with Crippen LogP contribution < -0.4 is 0 Å². The molecule has 7 atom stereocenters. The molecule has 4 fully saturated rings. The van der Waals surface area contributed by atoms with Crippen molar-refractivity contribution in [3.63, 3.8) is 0 Å². The lowest BCUT2D eigenvalue weighted by Crippen LogP contribution is -2.36. The molecule has 0 unspecified atom stereocenters. The second-order valence-electron chi connectivity index (χ2n) is 10.7. The van der Waals surface area contributed by atoms with Gasteiger partial charge in [-0.3, -0.25) is 0 Å². The molecule has 3 aliphatic carbocycles. The zero-order chi connectivity index (χ0) is 22.3. The fourth-order valence-electron chi connectivity index (χ4n) is 7.02. The number of aliphatic hydroxyl groups is 2. The van der Waals surface area contributed by atoms with E-state index in [0.29, 0.717) is 42.6 Å². The van der Waals surface area contributed by atoms with Gasteiger partial charge in [-0.1, -0.05) is 44.7 Å². The first-order chi connectivity index (χ1) is 14.7. The minimum absolute atomic E-state index is 0.00356. The third kappa shape index (κ3) is 4.34. The summed E-state index contributed by atoms with van der Waals surface area (Å²) >= 11 is 0. The van der Waals surface area contributed by atoms with Crippen molar-refractivity contribution < 1.29 is 19.7 Å². The van der Waals surface area contributed by atoms with Gasteiger partial charge in [0.05, 0.1) is 12.2 Å². The van der Waals surface area contributed by atoms with E-state index >= 15 is 0 Å². The van der Waals surface area contributed by atoms with Gasteiger partial charge in [0.25, 0.3) is 0 Å². The van der Waals surface area contributed by atoms with Gasteiger partial charge in [0.15, 0.2) is 0 Å². The second-order valence-corrected chi connectivity index (χ2v) is 10.7. The summed E-state index contributed by atoms with van der Waals surface area (Å²) in [6.07, 6.45) is 11.8. The van der Waals surface area contributed by atoms with Gasteiger partial charge >= 0.3 is 5.97 Å². The van der Waals surface area contributed by atoms with Crippen LogP contribution in [0.5, 0.6) is 0 Å². The van der Waals surface area contributed by atoms with E-state index in [9.17, 15) is 15.0 Å². The molecule has 0 aromatic carbocycles. The van der Waals surface area contributed by atoms with Gasteiger partial charge in [-0.05, 0) is 79.3 Å². The van der Waals surface area contributed by atoms with E-state index in [-0.39, 0.29) is 17.5 Å². The first-order valence-electron chi connectivity index (χ1n) is 12.0. The molecule has 3 saturated carbocycles. The Hall–Kier alpha value is -1.65. The van der Waals surface area contributed by atoms with Crippen molar-refractivity contribution in [1.29, 1.82) is 0 Å². The molecule has 0 aromatic heterocycles. The Morgan fingerprint density at radius 2 is 2.00 bits per heavy atom. The van der Waals surface area contributed by atoms with Crippen LogP contribution in [0.25, 0.3) is 0 Å². The second kappa shape index (κ2) is 8.71. The molecule has 4 rings (SSSR count). The lowest BCUT2D eigenvalue weighted by molar-refractivity contribution is -0.139. The summed E-state index contributed by atoms with van der Waals surface area (Å²) in [6.45, 7) is 12.7. The third-order valence-corrected chi connectivity index (χ3v) is 8.66. The molecular formula is C27H38O4. The first-order valence-corrected chi connectivity index (χ1v) is 12.0. The highest BCUT2D eigenvalue weighted by Crippen LogP contribution is 2.60. The number of carbonyl (C=O) groups is 1. The maximum atomic E-state index is 11.7. The summed E-state index contributed by atoms with van der Waals surface area (Å²) in [5, 5.41) is 20.2. The Morgan fingerprint density at radius 1 is 1.23 bits per heavy atom. The van der Waals surface area contributed by atoms with Gasteiger partial charge in [-0.15, -0.1) is 0 Å². The van der Waals surface area contributed by atoms with Crippen molar-refractivity contribution in [2.75, 3.05) is 0 Å². The minimum atomic E-state index is -0.637. The molecular weight excluding hydrogens is 388 g/mol. The summed E-state index contributed by atoms with van der Waals surface area (Å²) in [5.41, 5.74) is 4.15. The Bertz CT molecular complexity index is 805. The standard InChI is InChI=1S/C27H38O4/c1-16(12-22-13-17(2)26(30)31-22)23-9-10-24-19(6-5-11-27(23,24)4)7-8-20-14-21(28)15-25(29)18(20)3/h7-8,16,21-25,28-29H,2-3,5-6,9-15H2,1,4H3/b19-7+,20-8-/t16-,21+,22-,23+,24-,25-,27+/m0/s1. The van der Waals surface area contributed by atoms with Gasteiger partial charge in [0, 0.05) is 18.4 Å². The van der Waals surface area contributed by atoms with Crippen LogP contribution in [0.15, 0.2) is 47.6 Å². The Kier molecular flexibility index (Phi) is 6.33. The number of hydrogen-bond acceptors (Lipinski definition) is 4. The highest BCUT2D eigenvalue weighted by Gasteiger charge is 2.51. The number of allylic oxidation sites excluding steroid dienone is 3. The van der Waals surface area contributed by atoms with Crippen LogP contribution in [0, 0.1) is 23.2 Å². The van der Waals surface area contributed by atoms with Crippen LogP contribution in [0.2, 0.25) is 0 Å². The van der Waals surface area contributed by atoms with Gasteiger partial charge in [0.2, 0.25) is 0 Å². The molecule has 1 heterocycles. The molecule has 31 heavy (non-hydrogen) atoms. The molecule has 0 amide bonds. The number of aliphatic hydroxyl groups excluding tert-OH is 2. The normalized spacial score (nSPS) is 42.2. The zero-order valence-corrected chi connectivity index (χ0v) is 19.1. The zero-order valence-electron chi connectivity index (χ0n) is 19.1. The molecule has 1 saturated heterocycles. The maximum Gasteiger partial charge on any atom is 0.333 e. The average Bonchev–Trinajstić information content (AvgIpc) is 3.22. The molecule has 170 valence electrons. The van der Waals surface area contributed by atoms with Crippen LogP contribution in [-0.2, 0) is 9.53 Å². The fraction of sp³-hybridized carbons (Fsp3) is 0.667. The number of carbonyl (C=O) groups excluding carboxylic acids is 1. The van der Waals surface area contributed by atoms with Crippen molar-refractivity contribution in [2.24, 2.45) is 23.2 Å². The van der Waals surface area contributed by atoms with Crippen LogP contribution in [0.3, 0.4) is 0 Å². The quantitative estimate of drug-likeness (QED) is 0.489. The van der Waals surface area contributed by atoms with E-state index in [1.54, 1.807) is 0 Å². The van der Waals surface area contributed by atoms with Crippen LogP contribution in [-0.4, -0.2) is 34.5 Å². The summed E-state index contributed by atoms with van der Waals surface area (Å²) in [4.78, 5) is 11.7. The maximum absolute atomic E-state index is 11.7. The minimum Gasteiger partial charge on any atom is -0.459 e. The number of ether oxygens (including phenoxy) is 1. The number of hydrogen-bond donors (Lipinski definition) is 2. The molecule has 4 aliphatic rings. The molecule has 0 aromatic rings. The van der Waals surface area contributed by atoms with E-state index in [2.05, 4.69) is 39.2 Å². The number of fused-ring (bicyclic) bond motifs is 1. The van der Waals surface area contributed by atoms with E-state index in [4.69, 9.17) is 4.74 Å². The summed E-state index contributed by atoms with van der Waals surface area (Å²) < 4.78 is 5.52. The lowest BCUT2D eigenvalue weighted by atomic mass is 9.60. The Morgan fingerprint density at radius 3 is 2.71 bits per heavy atom. The van der Waals surface area contributed by atoms with Crippen molar-refractivity contribution in [2.45, 2.75) is 89.9 Å². The Balaban J connectivity index is 1.48.